The van der Waals surface area contributed by atoms with E-state index in [9.17, 15) is 19.2 Å². The maximum absolute atomic E-state index is 13.2. The molecule has 4 saturated heterocycles. The van der Waals surface area contributed by atoms with Crippen LogP contribution in [0.25, 0.3) is 0 Å². The molecule has 0 aromatic heterocycles. The fraction of sp³-hybridized carbons (Fsp3) is 0.750. The van der Waals surface area contributed by atoms with E-state index in [0.717, 1.165) is 141 Å². The van der Waals surface area contributed by atoms with Crippen molar-refractivity contribution in [2.45, 2.75) is 64.2 Å². The SMILES string of the molecule is O=C(CCCCCN1C(=O)C(=C2SC(=S)N(CCCCCC(=O)NCCCN3CCOCC3)C2=O)SC1=S)NCCCN1CCOCC1. The summed E-state index contributed by atoms with van der Waals surface area (Å²) < 4.78 is 11.6. The van der Waals surface area contributed by atoms with Crippen molar-refractivity contribution >= 4 is 80.2 Å². The van der Waals surface area contributed by atoms with Crippen LogP contribution in [0, 0.1) is 0 Å². The zero-order valence-electron chi connectivity index (χ0n) is 27.8. The topological polar surface area (TPSA) is 124 Å². The summed E-state index contributed by atoms with van der Waals surface area (Å²) >= 11 is 13.3. The lowest BCUT2D eigenvalue weighted by atomic mass is 10.1. The van der Waals surface area contributed by atoms with E-state index in [2.05, 4.69) is 20.4 Å². The van der Waals surface area contributed by atoms with Crippen molar-refractivity contribution in [1.29, 1.82) is 0 Å². The fourth-order valence-electron chi connectivity index (χ4n) is 5.81. The Bertz CT molecular complexity index is 1090. The minimum atomic E-state index is -0.250. The number of morpholine rings is 2. The van der Waals surface area contributed by atoms with Gasteiger partial charge in [0.15, 0.2) is 0 Å². The van der Waals surface area contributed by atoms with E-state index >= 15 is 0 Å². The molecule has 0 bridgehead atoms. The molecule has 0 aliphatic carbocycles. The summed E-state index contributed by atoms with van der Waals surface area (Å²) in [6.45, 7) is 11.1. The van der Waals surface area contributed by atoms with Crippen molar-refractivity contribution in [3.8, 4) is 0 Å². The minimum absolute atomic E-state index is 0.0563. The number of amides is 4. The van der Waals surface area contributed by atoms with Gasteiger partial charge < -0.3 is 20.1 Å². The number of ether oxygens (including phenoxy) is 2. The number of nitrogens with one attached hydrogen (secondary N) is 2. The highest BCUT2D eigenvalue weighted by molar-refractivity contribution is 8.29. The van der Waals surface area contributed by atoms with Crippen LogP contribution >= 0.6 is 48.0 Å². The summed E-state index contributed by atoms with van der Waals surface area (Å²) in [6, 6.07) is 0. The van der Waals surface area contributed by atoms with Gasteiger partial charge >= 0.3 is 0 Å². The van der Waals surface area contributed by atoms with E-state index in [1.54, 1.807) is 9.80 Å². The summed E-state index contributed by atoms with van der Waals surface area (Å²) in [5.74, 6) is -0.388. The van der Waals surface area contributed by atoms with Crippen molar-refractivity contribution in [1.82, 2.24) is 30.2 Å². The smallest absolute Gasteiger partial charge is 0.267 e. The minimum Gasteiger partial charge on any atom is -0.379 e. The van der Waals surface area contributed by atoms with Gasteiger partial charge in [0.2, 0.25) is 11.8 Å². The molecule has 48 heavy (non-hydrogen) atoms. The summed E-state index contributed by atoms with van der Waals surface area (Å²) in [5.41, 5.74) is 0. The molecule has 16 heteroatoms. The van der Waals surface area contributed by atoms with Gasteiger partial charge in [-0.15, -0.1) is 0 Å². The Kier molecular flexibility index (Phi) is 17.6. The second-order valence-electron chi connectivity index (χ2n) is 12.2. The lowest BCUT2D eigenvalue weighted by Gasteiger charge is -2.26. The Morgan fingerprint density at radius 3 is 1.38 bits per heavy atom. The van der Waals surface area contributed by atoms with Crippen LogP contribution in [0.3, 0.4) is 0 Å². The number of carbonyl (C=O) groups is 4. The number of rotatable bonds is 20. The molecule has 4 aliphatic rings. The first-order valence-electron chi connectivity index (χ1n) is 17.3. The lowest BCUT2D eigenvalue weighted by molar-refractivity contribution is -0.124. The number of thioether (sulfide) groups is 2. The number of hydrogen-bond donors (Lipinski definition) is 2. The van der Waals surface area contributed by atoms with Gasteiger partial charge in [0.1, 0.15) is 8.64 Å². The largest absolute Gasteiger partial charge is 0.379 e. The van der Waals surface area contributed by atoms with Gasteiger partial charge in [-0.25, -0.2) is 0 Å². The molecule has 0 saturated carbocycles. The van der Waals surface area contributed by atoms with Gasteiger partial charge in [0, 0.05) is 65.2 Å². The number of unbranched alkanes of at least 4 members (excludes halogenated alkanes) is 4. The van der Waals surface area contributed by atoms with E-state index in [4.69, 9.17) is 33.9 Å². The van der Waals surface area contributed by atoms with Gasteiger partial charge in [-0.2, -0.15) is 0 Å². The summed E-state index contributed by atoms with van der Waals surface area (Å²) in [6.07, 6.45) is 7.29. The van der Waals surface area contributed by atoms with Crippen LogP contribution in [0.15, 0.2) is 9.81 Å². The van der Waals surface area contributed by atoms with Crippen molar-refractivity contribution < 1.29 is 28.7 Å². The third-order valence-electron chi connectivity index (χ3n) is 8.63. The quantitative estimate of drug-likeness (QED) is 0.108. The first-order valence-corrected chi connectivity index (χ1v) is 19.7. The molecule has 0 radical (unpaired) electrons. The van der Waals surface area contributed by atoms with Gasteiger partial charge in [-0.3, -0.25) is 38.8 Å². The van der Waals surface area contributed by atoms with Crippen molar-refractivity contribution in [3.05, 3.63) is 9.81 Å². The maximum Gasteiger partial charge on any atom is 0.267 e. The van der Waals surface area contributed by atoms with E-state index in [1.165, 1.54) is 0 Å². The number of thiocarbonyl (C=S) groups is 2. The molecule has 268 valence electrons. The highest BCUT2D eigenvalue weighted by atomic mass is 32.2. The molecule has 0 aromatic carbocycles. The molecular formula is C32H50N6O6S4. The van der Waals surface area contributed by atoms with Gasteiger partial charge in [0.05, 0.1) is 36.2 Å². The number of nitrogens with zero attached hydrogens (tertiary/aromatic N) is 4. The fourth-order valence-corrected chi connectivity index (χ4v) is 8.58. The van der Waals surface area contributed by atoms with Crippen molar-refractivity contribution in [2.75, 3.05) is 91.9 Å². The molecule has 4 amide bonds. The van der Waals surface area contributed by atoms with E-state index in [1.807, 2.05) is 0 Å². The summed E-state index contributed by atoms with van der Waals surface area (Å²) in [5, 5.41) is 5.99. The molecule has 0 spiro atoms. The average Bonchev–Trinajstić information content (AvgIpc) is 3.53. The van der Waals surface area contributed by atoms with Crippen LogP contribution < -0.4 is 10.6 Å². The molecule has 0 unspecified atom stereocenters. The van der Waals surface area contributed by atoms with Gasteiger partial charge in [0.25, 0.3) is 11.8 Å². The zero-order valence-corrected chi connectivity index (χ0v) is 31.1. The van der Waals surface area contributed by atoms with Crippen LogP contribution in [0.5, 0.6) is 0 Å². The van der Waals surface area contributed by atoms with Crippen LogP contribution in [0.2, 0.25) is 0 Å². The third-order valence-corrected chi connectivity index (χ3v) is 11.7. The first-order chi connectivity index (χ1) is 23.3. The highest BCUT2D eigenvalue weighted by Crippen LogP contribution is 2.42. The second kappa shape index (κ2) is 21.5. The Labute approximate surface area is 303 Å². The highest BCUT2D eigenvalue weighted by Gasteiger charge is 2.41. The molecule has 12 nitrogen and oxygen atoms in total. The standard InChI is InChI=1S/C32H50N6O6S4/c39-25(33-11-7-13-35-17-21-43-22-18-35)9-3-1-5-15-37-29(41)27(47-31(37)45)28-30(42)38(32(46)48-28)16-6-2-4-10-26(40)34-12-8-14-36-19-23-44-24-20-36/h1-24H2,(H,33,39)(H,34,40). The molecule has 0 aromatic rings. The molecule has 4 fully saturated rings. The monoisotopic (exact) mass is 742 g/mol. The number of hydrogen-bond acceptors (Lipinski definition) is 12. The van der Waals surface area contributed by atoms with Gasteiger partial charge in [-0.1, -0.05) is 60.8 Å². The summed E-state index contributed by atoms with van der Waals surface area (Å²) in [7, 11) is 0. The molecule has 4 rings (SSSR count). The van der Waals surface area contributed by atoms with Crippen molar-refractivity contribution in [2.24, 2.45) is 0 Å². The van der Waals surface area contributed by atoms with Crippen LogP contribution in [0.4, 0.5) is 0 Å². The third kappa shape index (κ3) is 12.9. The molecular weight excluding hydrogens is 693 g/mol. The number of carbonyl (C=O) groups excluding carboxylic acids is 4. The van der Waals surface area contributed by atoms with Crippen LogP contribution in [0.1, 0.15) is 64.2 Å². The van der Waals surface area contributed by atoms with Crippen LogP contribution in [-0.2, 0) is 28.7 Å². The Morgan fingerprint density at radius 2 is 0.979 bits per heavy atom. The lowest BCUT2D eigenvalue weighted by Crippen LogP contribution is -2.38. The Hall–Kier alpha value is -1.66. The van der Waals surface area contributed by atoms with E-state index in [0.29, 0.717) is 57.5 Å². The zero-order chi connectivity index (χ0) is 34.1. The molecule has 4 aliphatic heterocycles. The second-order valence-corrected chi connectivity index (χ2v) is 15.5. The normalized spacial score (nSPS) is 21.1. The molecule has 2 N–H and O–H groups in total. The van der Waals surface area contributed by atoms with Crippen molar-refractivity contribution in [3.63, 3.8) is 0 Å². The van der Waals surface area contributed by atoms with Gasteiger partial charge in [-0.05, 0) is 51.6 Å². The first kappa shape index (κ1) is 39.1. The van der Waals surface area contributed by atoms with Crippen LogP contribution in [-0.4, -0.2) is 144 Å². The average molecular weight is 743 g/mol. The predicted octanol–water partition coefficient (Wildman–Crippen LogP) is 2.72. The van der Waals surface area contributed by atoms with E-state index in [-0.39, 0.29) is 23.6 Å². The molecule has 0 atom stereocenters. The predicted molar refractivity (Wildman–Crippen MR) is 198 cm³/mol. The Balaban J connectivity index is 1.06. The molecule has 4 heterocycles. The maximum atomic E-state index is 13.2. The summed E-state index contributed by atoms with van der Waals surface area (Å²) in [4.78, 5) is 59.4. The van der Waals surface area contributed by atoms with E-state index < -0.39 is 0 Å². The Morgan fingerprint density at radius 1 is 0.583 bits per heavy atom.